The van der Waals surface area contributed by atoms with Gasteiger partial charge in [-0.15, -0.1) is 6.58 Å². The number of hydrogen-bond acceptors (Lipinski definition) is 2. The lowest BCUT2D eigenvalue weighted by Crippen LogP contribution is -2.52. The van der Waals surface area contributed by atoms with E-state index in [1.54, 1.807) is 11.0 Å². The molecule has 1 aromatic carbocycles. The van der Waals surface area contributed by atoms with Gasteiger partial charge in [0.2, 0.25) is 5.91 Å². The molecular weight excluding hydrogens is 236 g/mol. The van der Waals surface area contributed by atoms with Crippen LogP contribution in [0.4, 0.5) is 0 Å². The van der Waals surface area contributed by atoms with Gasteiger partial charge in [0, 0.05) is 12.1 Å². The number of carbonyl (C=O) groups excluding carboxylic acids is 1. The molecule has 0 heterocycles. The van der Waals surface area contributed by atoms with E-state index in [2.05, 4.69) is 6.58 Å². The molecule has 1 rings (SSSR count). The summed E-state index contributed by atoms with van der Waals surface area (Å²) in [5.41, 5.74) is 6.88. The highest BCUT2D eigenvalue weighted by molar-refractivity contribution is 5.82. The van der Waals surface area contributed by atoms with Gasteiger partial charge in [0.1, 0.15) is 0 Å². The van der Waals surface area contributed by atoms with Crippen molar-refractivity contribution in [1.29, 1.82) is 0 Å². The van der Waals surface area contributed by atoms with E-state index in [0.29, 0.717) is 13.0 Å². The standard InChI is InChI=1S/C16H24N2O/c1-5-11-18(16(2,3)4)15(19)14(17)12-13-9-7-6-8-10-13/h5-10,14H,1,11-12,17H2,2-4H3/t14-/m1/s1. The summed E-state index contributed by atoms with van der Waals surface area (Å²) in [6, 6.07) is 9.33. The van der Waals surface area contributed by atoms with Crippen molar-refractivity contribution in [2.24, 2.45) is 5.73 Å². The molecule has 0 bridgehead atoms. The molecule has 0 unspecified atom stereocenters. The summed E-state index contributed by atoms with van der Waals surface area (Å²) in [5, 5.41) is 0. The summed E-state index contributed by atoms with van der Waals surface area (Å²) in [5.74, 6) is -0.0312. The van der Waals surface area contributed by atoms with Crippen LogP contribution in [0.15, 0.2) is 43.0 Å². The summed E-state index contributed by atoms with van der Waals surface area (Å²) in [4.78, 5) is 14.2. The van der Waals surface area contributed by atoms with Crippen molar-refractivity contribution >= 4 is 5.91 Å². The van der Waals surface area contributed by atoms with Gasteiger partial charge in [-0.2, -0.15) is 0 Å². The van der Waals surface area contributed by atoms with Gasteiger partial charge in [-0.05, 0) is 32.8 Å². The van der Waals surface area contributed by atoms with Crippen molar-refractivity contribution in [3.63, 3.8) is 0 Å². The second kappa shape index (κ2) is 6.53. The predicted octanol–water partition coefficient (Wildman–Crippen LogP) is 2.37. The first-order valence-electron chi connectivity index (χ1n) is 6.58. The molecule has 0 aliphatic carbocycles. The van der Waals surface area contributed by atoms with Gasteiger partial charge in [0.25, 0.3) is 0 Å². The maximum absolute atomic E-state index is 12.4. The number of nitrogens with zero attached hydrogens (tertiary/aromatic N) is 1. The molecule has 0 spiro atoms. The number of hydrogen-bond donors (Lipinski definition) is 1. The fourth-order valence-electron chi connectivity index (χ4n) is 1.98. The first-order chi connectivity index (χ1) is 8.86. The Hall–Kier alpha value is -1.61. The van der Waals surface area contributed by atoms with E-state index in [0.717, 1.165) is 5.56 Å². The van der Waals surface area contributed by atoms with Crippen molar-refractivity contribution in [2.45, 2.75) is 38.8 Å². The van der Waals surface area contributed by atoms with Crippen molar-refractivity contribution in [2.75, 3.05) is 6.54 Å². The van der Waals surface area contributed by atoms with E-state index < -0.39 is 6.04 Å². The summed E-state index contributed by atoms with van der Waals surface area (Å²) in [6.45, 7) is 10.2. The Kier molecular flexibility index (Phi) is 5.31. The second-order valence-electron chi connectivity index (χ2n) is 5.70. The molecule has 0 saturated heterocycles. The van der Waals surface area contributed by atoms with Crippen molar-refractivity contribution in [3.05, 3.63) is 48.6 Å². The van der Waals surface area contributed by atoms with Crippen LogP contribution < -0.4 is 5.73 Å². The zero-order chi connectivity index (χ0) is 14.5. The molecule has 1 aromatic rings. The van der Waals surface area contributed by atoms with Crippen LogP contribution >= 0.6 is 0 Å². The lowest BCUT2D eigenvalue weighted by molar-refractivity contribution is -0.136. The molecule has 19 heavy (non-hydrogen) atoms. The van der Waals surface area contributed by atoms with Crippen LogP contribution in [0.5, 0.6) is 0 Å². The van der Waals surface area contributed by atoms with Gasteiger partial charge < -0.3 is 10.6 Å². The molecule has 0 saturated carbocycles. The smallest absolute Gasteiger partial charge is 0.240 e. The summed E-state index contributed by atoms with van der Waals surface area (Å²) < 4.78 is 0. The van der Waals surface area contributed by atoms with Crippen LogP contribution in [0.1, 0.15) is 26.3 Å². The molecule has 104 valence electrons. The topological polar surface area (TPSA) is 46.3 Å². The Bertz CT molecular complexity index is 420. The highest BCUT2D eigenvalue weighted by Crippen LogP contribution is 2.15. The molecule has 0 aliphatic rings. The number of rotatable bonds is 5. The van der Waals surface area contributed by atoms with E-state index in [-0.39, 0.29) is 11.4 Å². The number of amides is 1. The zero-order valence-corrected chi connectivity index (χ0v) is 12.1. The van der Waals surface area contributed by atoms with Crippen LogP contribution in [-0.4, -0.2) is 28.9 Å². The summed E-state index contributed by atoms with van der Waals surface area (Å²) in [7, 11) is 0. The minimum absolute atomic E-state index is 0.0312. The van der Waals surface area contributed by atoms with E-state index in [1.165, 1.54) is 0 Å². The van der Waals surface area contributed by atoms with Gasteiger partial charge in [-0.3, -0.25) is 4.79 Å². The maximum Gasteiger partial charge on any atom is 0.240 e. The van der Waals surface area contributed by atoms with Gasteiger partial charge in [-0.1, -0.05) is 36.4 Å². The minimum Gasteiger partial charge on any atom is -0.333 e. The van der Waals surface area contributed by atoms with E-state index in [4.69, 9.17) is 5.73 Å². The summed E-state index contributed by atoms with van der Waals surface area (Å²) in [6.07, 6.45) is 2.29. The average molecular weight is 260 g/mol. The van der Waals surface area contributed by atoms with Crippen molar-refractivity contribution < 1.29 is 4.79 Å². The van der Waals surface area contributed by atoms with E-state index in [9.17, 15) is 4.79 Å². The third-order valence-corrected chi connectivity index (χ3v) is 3.00. The molecule has 3 heteroatoms. The Morgan fingerprint density at radius 1 is 1.37 bits per heavy atom. The molecule has 1 atom stereocenters. The third kappa shape index (κ3) is 4.52. The van der Waals surface area contributed by atoms with Crippen molar-refractivity contribution in [1.82, 2.24) is 4.90 Å². The molecule has 0 fully saturated rings. The van der Waals surface area contributed by atoms with Crippen molar-refractivity contribution in [3.8, 4) is 0 Å². The van der Waals surface area contributed by atoms with E-state index in [1.807, 2.05) is 51.1 Å². The Morgan fingerprint density at radius 3 is 2.42 bits per heavy atom. The molecule has 3 nitrogen and oxygen atoms in total. The van der Waals surface area contributed by atoms with Gasteiger partial charge in [0.15, 0.2) is 0 Å². The van der Waals surface area contributed by atoms with Crippen LogP contribution in [0.2, 0.25) is 0 Å². The molecule has 1 amide bonds. The zero-order valence-electron chi connectivity index (χ0n) is 12.1. The third-order valence-electron chi connectivity index (χ3n) is 3.00. The second-order valence-corrected chi connectivity index (χ2v) is 5.70. The molecule has 2 N–H and O–H groups in total. The van der Waals surface area contributed by atoms with Gasteiger partial charge >= 0.3 is 0 Å². The van der Waals surface area contributed by atoms with E-state index >= 15 is 0 Å². The quantitative estimate of drug-likeness (QED) is 0.826. The predicted molar refractivity (Wildman–Crippen MR) is 79.8 cm³/mol. The average Bonchev–Trinajstić information content (AvgIpc) is 2.35. The lowest BCUT2D eigenvalue weighted by atomic mass is 10.0. The lowest BCUT2D eigenvalue weighted by Gasteiger charge is -2.36. The SMILES string of the molecule is C=CCN(C(=O)[C@H](N)Cc1ccccc1)C(C)(C)C. The molecule has 0 radical (unpaired) electrons. The van der Waals surface area contributed by atoms with Crippen LogP contribution in [0, 0.1) is 0 Å². The maximum atomic E-state index is 12.4. The first-order valence-corrected chi connectivity index (χ1v) is 6.58. The monoisotopic (exact) mass is 260 g/mol. The Balaban J connectivity index is 2.77. The van der Waals surface area contributed by atoms with Gasteiger partial charge in [-0.25, -0.2) is 0 Å². The number of carbonyl (C=O) groups is 1. The fourth-order valence-corrected chi connectivity index (χ4v) is 1.98. The Labute approximate surface area is 116 Å². The van der Waals surface area contributed by atoms with Gasteiger partial charge in [0.05, 0.1) is 6.04 Å². The number of benzene rings is 1. The molecule has 0 aliphatic heterocycles. The molecule has 0 aromatic heterocycles. The first kappa shape index (κ1) is 15.4. The minimum atomic E-state index is -0.512. The molecular formula is C16H24N2O. The number of nitrogens with two attached hydrogens (primary N) is 1. The van der Waals surface area contributed by atoms with Crippen LogP contribution in [0.25, 0.3) is 0 Å². The Morgan fingerprint density at radius 2 is 1.95 bits per heavy atom. The van der Waals surface area contributed by atoms with Crippen LogP contribution in [-0.2, 0) is 11.2 Å². The largest absolute Gasteiger partial charge is 0.333 e. The summed E-state index contributed by atoms with van der Waals surface area (Å²) >= 11 is 0. The van der Waals surface area contributed by atoms with Crippen LogP contribution in [0.3, 0.4) is 0 Å². The normalized spacial score (nSPS) is 12.8. The highest BCUT2D eigenvalue weighted by atomic mass is 16.2. The fraction of sp³-hybridized carbons (Fsp3) is 0.438. The highest BCUT2D eigenvalue weighted by Gasteiger charge is 2.29.